The predicted molar refractivity (Wildman–Crippen MR) is 234 cm³/mol. The van der Waals surface area contributed by atoms with Gasteiger partial charge in [-0.3, -0.25) is 4.57 Å². The Morgan fingerprint density at radius 3 is 1.96 bits per heavy atom. The Labute approximate surface area is 322 Å². The molecule has 5 heterocycles. The van der Waals surface area contributed by atoms with Crippen molar-refractivity contribution >= 4 is 108 Å². The molecule has 0 aliphatic carbocycles. The van der Waals surface area contributed by atoms with Crippen LogP contribution in [0.2, 0.25) is 0 Å². The van der Waals surface area contributed by atoms with Crippen molar-refractivity contribution in [3.05, 3.63) is 170 Å². The average molecular weight is 733 g/mol. The van der Waals surface area contributed by atoms with Gasteiger partial charge in [-0.05, 0) is 72.1 Å². The summed E-state index contributed by atoms with van der Waals surface area (Å²) in [4.78, 5) is 10.8. The van der Waals surface area contributed by atoms with Gasteiger partial charge in [-0.15, -0.1) is 11.3 Å². The molecule has 0 aliphatic heterocycles. The van der Waals surface area contributed by atoms with E-state index in [2.05, 4.69) is 161 Å². The van der Waals surface area contributed by atoms with Crippen molar-refractivity contribution in [2.75, 3.05) is 0 Å². The summed E-state index contributed by atoms with van der Waals surface area (Å²) in [5, 5.41) is 10.7. The molecule has 260 valence electrons. The first-order valence-electron chi connectivity index (χ1n) is 18.8. The van der Waals surface area contributed by atoms with Gasteiger partial charge in [0.25, 0.3) is 0 Å². The van der Waals surface area contributed by atoms with Gasteiger partial charge in [0.05, 0.1) is 22.1 Å². The highest BCUT2D eigenvalue weighted by molar-refractivity contribution is 7.26. The van der Waals surface area contributed by atoms with Gasteiger partial charge in [-0.2, -0.15) is 0 Å². The minimum atomic E-state index is 0.611. The quantitative estimate of drug-likeness (QED) is 0.182. The van der Waals surface area contributed by atoms with Crippen LogP contribution < -0.4 is 0 Å². The number of benzene rings is 8. The van der Waals surface area contributed by atoms with Crippen LogP contribution in [0.3, 0.4) is 0 Å². The number of hydrogen-bond acceptors (Lipinski definition) is 4. The van der Waals surface area contributed by atoms with Crippen LogP contribution in [0.4, 0.5) is 0 Å². The first-order chi connectivity index (χ1) is 27.8. The standard InChI is InChI=1S/C50H28N4OS/c1-2-12-31(13-3-1)53-40-18-8-4-14-32(40)38-26-30(23-25-42(38)53)46-48-47(36-17-6-10-20-44(36)55-48)52-50(51-46)54-41-19-9-5-15-33(41)39-28-37-29(27-43(39)54)22-24-35-34-16-7-11-21-45(34)56-49(35)37/h1-28H. The maximum atomic E-state index is 6.64. The Kier molecular flexibility index (Phi) is 5.98. The number of fused-ring (bicyclic) bond motifs is 14. The van der Waals surface area contributed by atoms with E-state index in [1.165, 1.54) is 47.1 Å². The third kappa shape index (κ3) is 4.08. The largest absolute Gasteiger partial charge is 0.452 e. The van der Waals surface area contributed by atoms with Gasteiger partial charge in [0, 0.05) is 63.7 Å². The molecule has 0 amide bonds. The topological polar surface area (TPSA) is 48.8 Å². The predicted octanol–water partition coefficient (Wildman–Crippen LogP) is 13.8. The summed E-state index contributed by atoms with van der Waals surface area (Å²) in [7, 11) is 0. The highest BCUT2D eigenvalue weighted by atomic mass is 32.1. The summed E-state index contributed by atoms with van der Waals surface area (Å²) in [6.45, 7) is 0. The zero-order valence-corrected chi connectivity index (χ0v) is 30.6. The molecule has 0 N–H and O–H groups in total. The molecule has 5 aromatic heterocycles. The van der Waals surface area contributed by atoms with Crippen LogP contribution in [0.5, 0.6) is 0 Å². The van der Waals surface area contributed by atoms with Gasteiger partial charge in [0.15, 0.2) is 5.58 Å². The minimum Gasteiger partial charge on any atom is -0.452 e. The molecule has 0 bridgehead atoms. The Bertz CT molecular complexity index is 3770. The molecule has 0 saturated heterocycles. The molecule has 0 spiro atoms. The van der Waals surface area contributed by atoms with Crippen LogP contribution in [-0.2, 0) is 0 Å². The highest BCUT2D eigenvalue weighted by Crippen LogP contribution is 2.43. The Morgan fingerprint density at radius 1 is 0.446 bits per heavy atom. The van der Waals surface area contributed by atoms with E-state index >= 15 is 0 Å². The summed E-state index contributed by atoms with van der Waals surface area (Å²) >= 11 is 1.87. The van der Waals surface area contributed by atoms with Crippen molar-refractivity contribution in [2.24, 2.45) is 0 Å². The molecule has 0 saturated carbocycles. The number of para-hydroxylation sites is 4. The van der Waals surface area contributed by atoms with E-state index in [1.54, 1.807) is 0 Å². The second kappa shape index (κ2) is 11.1. The molecular formula is C50H28N4OS. The molecular weight excluding hydrogens is 705 g/mol. The zero-order valence-electron chi connectivity index (χ0n) is 29.8. The van der Waals surface area contributed by atoms with E-state index in [-0.39, 0.29) is 0 Å². The SMILES string of the molecule is c1ccc(-n2c3ccccc3c3cc(-c4nc(-n5c6ccccc6c6cc7c(ccc8c9ccccc9sc78)cc65)nc5c4oc4ccccc45)ccc32)cc1. The van der Waals surface area contributed by atoms with Crippen LogP contribution in [0.1, 0.15) is 0 Å². The number of nitrogens with zero attached hydrogens (tertiary/aromatic N) is 4. The number of aromatic nitrogens is 4. The highest BCUT2D eigenvalue weighted by Gasteiger charge is 2.23. The summed E-state index contributed by atoms with van der Waals surface area (Å²) in [5.41, 5.74) is 9.55. The van der Waals surface area contributed by atoms with E-state index in [9.17, 15) is 0 Å². The lowest BCUT2D eigenvalue weighted by atomic mass is 10.0. The third-order valence-electron chi connectivity index (χ3n) is 11.5. The lowest BCUT2D eigenvalue weighted by Crippen LogP contribution is -2.03. The van der Waals surface area contributed by atoms with Crippen LogP contribution >= 0.6 is 11.3 Å². The van der Waals surface area contributed by atoms with Crippen LogP contribution in [0.15, 0.2) is 174 Å². The van der Waals surface area contributed by atoms with Gasteiger partial charge in [0.2, 0.25) is 5.95 Å². The molecule has 0 aliphatic rings. The molecule has 8 aromatic carbocycles. The molecule has 0 fully saturated rings. The van der Waals surface area contributed by atoms with Crippen LogP contribution in [0, 0.1) is 0 Å². The number of furan rings is 1. The second-order valence-corrected chi connectivity index (χ2v) is 15.6. The first kappa shape index (κ1) is 30.1. The van der Waals surface area contributed by atoms with Gasteiger partial charge < -0.3 is 8.98 Å². The normalized spacial score (nSPS) is 12.3. The minimum absolute atomic E-state index is 0.611. The van der Waals surface area contributed by atoms with Gasteiger partial charge >= 0.3 is 0 Å². The van der Waals surface area contributed by atoms with Gasteiger partial charge in [0.1, 0.15) is 16.8 Å². The molecule has 0 atom stereocenters. The first-order valence-corrected chi connectivity index (χ1v) is 19.6. The maximum absolute atomic E-state index is 6.64. The monoisotopic (exact) mass is 732 g/mol. The number of hydrogen-bond donors (Lipinski definition) is 0. The molecule has 13 rings (SSSR count). The fraction of sp³-hybridized carbons (Fsp3) is 0. The fourth-order valence-electron chi connectivity index (χ4n) is 9.04. The molecule has 56 heavy (non-hydrogen) atoms. The summed E-state index contributed by atoms with van der Waals surface area (Å²) < 4.78 is 13.8. The molecule has 0 unspecified atom stereocenters. The average Bonchev–Trinajstić information content (AvgIpc) is 4.00. The summed E-state index contributed by atoms with van der Waals surface area (Å²) in [6, 6.07) is 60.6. The van der Waals surface area contributed by atoms with Crippen molar-refractivity contribution < 1.29 is 4.42 Å². The smallest absolute Gasteiger partial charge is 0.236 e. The molecule has 6 heteroatoms. The number of thiophene rings is 1. The van der Waals surface area contributed by atoms with Crippen molar-refractivity contribution in [1.82, 2.24) is 19.1 Å². The van der Waals surface area contributed by atoms with E-state index in [1.807, 2.05) is 29.5 Å². The Balaban J connectivity index is 1.11. The fourth-order valence-corrected chi connectivity index (χ4v) is 10.3. The van der Waals surface area contributed by atoms with Gasteiger partial charge in [-0.25, -0.2) is 9.97 Å². The summed E-state index contributed by atoms with van der Waals surface area (Å²) in [6.07, 6.45) is 0. The Hall–Kier alpha value is -7.28. The van der Waals surface area contributed by atoms with Crippen molar-refractivity contribution in [3.8, 4) is 22.9 Å². The zero-order chi connectivity index (χ0) is 36.5. The molecule has 5 nitrogen and oxygen atoms in total. The van der Waals surface area contributed by atoms with E-state index in [0.29, 0.717) is 11.5 Å². The van der Waals surface area contributed by atoms with Crippen LogP contribution in [-0.4, -0.2) is 19.1 Å². The lowest BCUT2D eigenvalue weighted by molar-refractivity contribution is 0.666. The molecule has 0 radical (unpaired) electrons. The second-order valence-electron chi connectivity index (χ2n) is 14.6. The Morgan fingerprint density at radius 2 is 1.12 bits per heavy atom. The lowest BCUT2D eigenvalue weighted by Gasteiger charge is -2.11. The van der Waals surface area contributed by atoms with Crippen LogP contribution in [0.25, 0.3) is 120 Å². The molecule has 13 aromatic rings. The van der Waals surface area contributed by atoms with Gasteiger partial charge in [-0.1, -0.05) is 103 Å². The van der Waals surface area contributed by atoms with Crippen molar-refractivity contribution in [1.29, 1.82) is 0 Å². The maximum Gasteiger partial charge on any atom is 0.236 e. The number of rotatable bonds is 3. The van der Waals surface area contributed by atoms with E-state index in [4.69, 9.17) is 14.4 Å². The van der Waals surface area contributed by atoms with E-state index < -0.39 is 0 Å². The third-order valence-corrected chi connectivity index (χ3v) is 12.7. The van der Waals surface area contributed by atoms with Crippen molar-refractivity contribution in [3.63, 3.8) is 0 Å². The van der Waals surface area contributed by atoms with Crippen molar-refractivity contribution in [2.45, 2.75) is 0 Å². The summed E-state index contributed by atoms with van der Waals surface area (Å²) in [5.74, 6) is 0.611. The van der Waals surface area contributed by atoms with E-state index in [0.717, 1.165) is 60.9 Å².